The molecule has 0 radical (unpaired) electrons. The number of rotatable bonds is 5. The van der Waals surface area contributed by atoms with Gasteiger partial charge in [-0.2, -0.15) is 13.2 Å². The van der Waals surface area contributed by atoms with Crippen LogP contribution in [-0.2, 0) is 11.9 Å². The number of amides is 1. The van der Waals surface area contributed by atoms with E-state index in [0.717, 1.165) is 23.4 Å². The molecular formula is C17H14F3NO4S. The predicted molar refractivity (Wildman–Crippen MR) is 91.7 cm³/mol. The SMILES string of the molecule is COc1ccc(CSC(=O)Nc2cc(C(F)(F)F)ccc2C(=O)O)cc1. The molecule has 138 valence electrons. The normalized spacial score (nSPS) is 11.1. The summed E-state index contributed by atoms with van der Waals surface area (Å²) < 4.78 is 43.4. The van der Waals surface area contributed by atoms with Crippen LogP contribution in [-0.4, -0.2) is 23.4 Å². The summed E-state index contributed by atoms with van der Waals surface area (Å²) in [6.45, 7) is 0. The Labute approximate surface area is 151 Å². The van der Waals surface area contributed by atoms with Gasteiger partial charge in [-0.1, -0.05) is 23.9 Å². The summed E-state index contributed by atoms with van der Waals surface area (Å²) in [6, 6.07) is 8.98. The van der Waals surface area contributed by atoms with Crippen LogP contribution in [0.5, 0.6) is 5.75 Å². The fourth-order valence-electron chi connectivity index (χ4n) is 2.03. The van der Waals surface area contributed by atoms with Gasteiger partial charge in [0.05, 0.1) is 23.9 Å². The number of halogens is 3. The molecule has 0 heterocycles. The second kappa shape index (κ2) is 8.13. The average molecular weight is 385 g/mol. The quantitative estimate of drug-likeness (QED) is 0.767. The van der Waals surface area contributed by atoms with Gasteiger partial charge in [-0.15, -0.1) is 0 Å². The Balaban J connectivity index is 2.10. The number of thioether (sulfide) groups is 1. The van der Waals surface area contributed by atoms with Crippen molar-refractivity contribution in [3.05, 3.63) is 59.2 Å². The summed E-state index contributed by atoms with van der Waals surface area (Å²) in [4.78, 5) is 23.2. The highest BCUT2D eigenvalue weighted by Crippen LogP contribution is 2.32. The number of alkyl halides is 3. The van der Waals surface area contributed by atoms with Crippen molar-refractivity contribution in [1.29, 1.82) is 0 Å². The predicted octanol–water partition coefficient (Wildman–Crippen LogP) is 4.88. The van der Waals surface area contributed by atoms with Crippen molar-refractivity contribution < 1.29 is 32.6 Å². The molecule has 2 N–H and O–H groups in total. The van der Waals surface area contributed by atoms with E-state index in [-0.39, 0.29) is 5.75 Å². The van der Waals surface area contributed by atoms with Gasteiger partial charge in [0.2, 0.25) is 0 Å². The van der Waals surface area contributed by atoms with E-state index >= 15 is 0 Å². The Morgan fingerprint density at radius 2 is 1.81 bits per heavy atom. The van der Waals surface area contributed by atoms with Crippen LogP contribution >= 0.6 is 11.8 Å². The number of carbonyl (C=O) groups is 2. The first-order valence-corrected chi connectivity index (χ1v) is 8.20. The lowest BCUT2D eigenvalue weighted by Crippen LogP contribution is -2.13. The number of hydrogen-bond donors (Lipinski definition) is 2. The van der Waals surface area contributed by atoms with Crippen LogP contribution < -0.4 is 10.1 Å². The maximum Gasteiger partial charge on any atom is 0.416 e. The highest BCUT2D eigenvalue weighted by atomic mass is 32.2. The Kier molecular flexibility index (Phi) is 6.14. The Morgan fingerprint density at radius 3 is 2.35 bits per heavy atom. The van der Waals surface area contributed by atoms with Crippen molar-refractivity contribution in [2.24, 2.45) is 0 Å². The van der Waals surface area contributed by atoms with E-state index < -0.39 is 34.2 Å². The van der Waals surface area contributed by atoms with Gasteiger partial charge in [-0.25, -0.2) is 4.79 Å². The van der Waals surface area contributed by atoms with Crippen molar-refractivity contribution in [3.63, 3.8) is 0 Å². The number of hydrogen-bond acceptors (Lipinski definition) is 4. The third-order valence-electron chi connectivity index (χ3n) is 3.34. The van der Waals surface area contributed by atoms with Crippen molar-refractivity contribution in [2.45, 2.75) is 11.9 Å². The molecule has 0 bridgehead atoms. The molecule has 0 aliphatic heterocycles. The van der Waals surface area contributed by atoms with E-state index in [4.69, 9.17) is 9.84 Å². The Bertz CT molecular complexity index is 807. The smallest absolute Gasteiger partial charge is 0.416 e. The lowest BCUT2D eigenvalue weighted by atomic mass is 10.1. The zero-order valence-corrected chi connectivity index (χ0v) is 14.3. The van der Waals surface area contributed by atoms with E-state index in [2.05, 4.69) is 5.32 Å². The van der Waals surface area contributed by atoms with E-state index in [1.165, 1.54) is 7.11 Å². The topological polar surface area (TPSA) is 75.6 Å². The third kappa shape index (κ3) is 5.16. The number of carboxylic acids is 1. The van der Waals surface area contributed by atoms with Gasteiger partial charge in [0, 0.05) is 5.75 Å². The molecule has 0 saturated carbocycles. The van der Waals surface area contributed by atoms with Crippen molar-refractivity contribution in [3.8, 4) is 5.75 Å². The maximum atomic E-state index is 12.8. The lowest BCUT2D eigenvalue weighted by molar-refractivity contribution is -0.137. The molecule has 0 fully saturated rings. The molecule has 2 rings (SSSR count). The third-order valence-corrected chi connectivity index (χ3v) is 4.18. The van der Waals surface area contributed by atoms with E-state index in [1.54, 1.807) is 24.3 Å². The van der Waals surface area contributed by atoms with Crippen molar-refractivity contribution in [2.75, 3.05) is 12.4 Å². The summed E-state index contributed by atoms with van der Waals surface area (Å²) >= 11 is 0.807. The largest absolute Gasteiger partial charge is 0.497 e. The van der Waals surface area contributed by atoms with Crippen LogP contribution in [0.15, 0.2) is 42.5 Å². The minimum atomic E-state index is -4.65. The zero-order valence-electron chi connectivity index (χ0n) is 13.5. The van der Waals surface area contributed by atoms with Gasteiger partial charge in [0.15, 0.2) is 0 Å². The number of benzene rings is 2. The molecule has 2 aromatic rings. The average Bonchev–Trinajstić information content (AvgIpc) is 2.59. The molecule has 0 atom stereocenters. The molecule has 2 aromatic carbocycles. The summed E-state index contributed by atoms with van der Waals surface area (Å²) in [5, 5.41) is 10.6. The molecule has 5 nitrogen and oxygen atoms in total. The van der Waals surface area contributed by atoms with E-state index in [0.29, 0.717) is 17.9 Å². The molecule has 0 aliphatic rings. The first-order valence-electron chi connectivity index (χ1n) is 7.22. The van der Waals surface area contributed by atoms with Crippen LogP contribution in [0, 0.1) is 0 Å². The van der Waals surface area contributed by atoms with Crippen LogP contribution in [0.1, 0.15) is 21.5 Å². The molecule has 0 spiro atoms. The summed E-state index contributed by atoms with van der Waals surface area (Å²) in [5.74, 6) is -0.524. The summed E-state index contributed by atoms with van der Waals surface area (Å²) in [7, 11) is 1.52. The van der Waals surface area contributed by atoms with Gasteiger partial charge >= 0.3 is 12.1 Å². The number of aromatic carboxylic acids is 1. The van der Waals surface area contributed by atoms with Crippen LogP contribution in [0.25, 0.3) is 0 Å². The van der Waals surface area contributed by atoms with Gasteiger partial charge < -0.3 is 15.2 Å². The summed E-state index contributed by atoms with van der Waals surface area (Å²) in [6.07, 6.45) is -4.65. The number of carbonyl (C=O) groups excluding carboxylic acids is 1. The minimum absolute atomic E-state index is 0.261. The van der Waals surface area contributed by atoms with E-state index in [1.807, 2.05) is 0 Å². The molecule has 1 amide bonds. The molecule has 26 heavy (non-hydrogen) atoms. The first kappa shape index (κ1) is 19.6. The minimum Gasteiger partial charge on any atom is -0.497 e. The molecule has 0 unspecified atom stereocenters. The fraction of sp³-hybridized carbons (Fsp3) is 0.176. The van der Waals surface area contributed by atoms with Crippen molar-refractivity contribution in [1.82, 2.24) is 0 Å². The molecule has 0 saturated heterocycles. The monoisotopic (exact) mass is 385 g/mol. The highest BCUT2D eigenvalue weighted by Gasteiger charge is 2.31. The standard InChI is InChI=1S/C17H14F3NO4S/c1-25-12-5-2-10(3-6-12)9-26-16(24)21-14-8-11(17(18,19)20)4-7-13(14)15(22)23/h2-8H,9H2,1H3,(H,21,24)(H,22,23). The van der Waals surface area contributed by atoms with Gasteiger partial charge in [0.1, 0.15) is 5.75 Å². The van der Waals surface area contributed by atoms with E-state index in [9.17, 15) is 22.8 Å². The number of ether oxygens (including phenoxy) is 1. The molecule has 0 aliphatic carbocycles. The number of methoxy groups -OCH3 is 1. The van der Waals surface area contributed by atoms with Gasteiger partial charge in [-0.05, 0) is 35.9 Å². The number of carboxylic acid groups (broad SMARTS) is 1. The highest BCUT2D eigenvalue weighted by molar-refractivity contribution is 8.13. The second-order valence-corrected chi connectivity index (χ2v) is 6.06. The first-order chi connectivity index (χ1) is 12.2. The Morgan fingerprint density at radius 1 is 1.15 bits per heavy atom. The van der Waals surface area contributed by atoms with Crippen LogP contribution in [0.4, 0.5) is 23.7 Å². The number of anilines is 1. The van der Waals surface area contributed by atoms with Gasteiger partial charge in [-0.3, -0.25) is 4.79 Å². The Hall–Kier alpha value is -2.68. The van der Waals surface area contributed by atoms with Gasteiger partial charge in [0.25, 0.3) is 5.24 Å². The van der Waals surface area contributed by atoms with Crippen LogP contribution in [0.2, 0.25) is 0 Å². The van der Waals surface area contributed by atoms with Crippen molar-refractivity contribution >= 4 is 28.7 Å². The van der Waals surface area contributed by atoms with Crippen LogP contribution in [0.3, 0.4) is 0 Å². The number of nitrogens with one attached hydrogen (secondary N) is 1. The summed E-state index contributed by atoms with van der Waals surface area (Å²) in [5.41, 5.74) is -1.07. The fourth-order valence-corrected chi connectivity index (χ4v) is 2.70. The molecular weight excluding hydrogens is 371 g/mol. The molecule has 0 aromatic heterocycles. The maximum absolute atomic E-state index is 12.8. The second-order valence-electron chi connectivity index (χ2n) is 5.11. The molecule has 9 heteroatoms. The lowest BCUT2D eigenvalue weighted by Gasteiger charge is -2.12. The zero-order chi connectivity index (χ0) is 19.3.